The van der Waals surface area contributed by atoms with Gasteiger partial charge in [-0.25, -0.2) is 0 Å². The predicted octanol–water partition coefficient (Wildman–Crippen LogP) is 5.97. The van der Waals surface area contributed by atoms with Crippen LogP contribution in [0.1, 0.15) is 90.2 Å². The second kappa shape index (κ2) is 9.59. The zero-order valence-corrected chi connectivity index (χ0v) is 18.9. The van der Waals surface area contributed by atoms with E-state index in [2.05, 4.69) is 52.0 Å². The summed E-state index contributed by atoms with van der Waals surface area (Å²) in [6.45, 7) is 9.35. The van der Waals surface area contributed by atoms with Gasteiger partial charge in [-0.15, -0.1) is 0 Å². The van der Waals surface area contributed by atoms with E-state index in [9.17, 15) is 0 Å². The molecule has 3 rings (SSSR count). The van der Waals surface area contributed by atoms with Gasteiger partial charge in [0.05, 0.1) is 0 Å². The molecule has 2 aromatic carbocycles. The molecule has 0 aliphatic heterocycles. The molecule has 2 heteroatoms. The first-order valence-corrected chi connectivity index (χ1v) is 11.7. The highest BCUT2D eigenvalue weighted by Gasteiger charge is 2.42. The van der Waals surface area contributed by atoms with Crippen molar-refractivity contribution in [2.75, 3.05) is 0 Å². The molecule has 0 aromatic heterocycles. The van der Waals surface area contributed by atoms with Crippen molar-refractivity contribution in [3.8, 4) is 11.1 Å². The van der Waals surface area contributed by atoms with E-state index in [1.807, 2.05) is 12.1 Å². The Morgan fingerprint density at radius 1 is 0.724 bits per heavy atom. The van der Waals surface area contributed by atoms with Crippen LogP contribution in [-0.4, -0.2) is 15.7 Å². The van der Waals surface area contributed by atoms with Crippen LogP contribution in [0.5, 0.6) is 0 Å². The molecule has 0 fully saturated rings. The Labute approximate surface area is 181 Å². The van der Waals surface area contributed by atoms with E-state index in [1.165, 1.54) is 73.6 Å². The van der Waals surface area contributed by atoms with Gasteiger partial charge in [0.25, 0.3) is 0 Å². The average molecular weight is 382 g/mol. The zero-order chi connectivity index (χ0) is 21.0. The molecule has 0 nitrogen and oxygen atoms in total. The SMILES string of the molecule is [B]c1ccc2c(c1)C(CCCC(C)CC)(CCCC(C)CC)c1cc([B])ccc1-2. The van der Waals surface area contributed by atoms with Gasteiger partial charge >= 0.3 is 0 Å². The summed E-state index contributed by atoms with van der Waals surface area (Å²) in [4.78, 5) is 0. The summed E-state index contributed by atoms with van der Waals surface area (Å²) in [5, 5.41) is 0. The van der Waals surface area contributed by atoms with Crippen LogP contribution >= 0.6 is 0 Å². The Kier molecular flexibility index (Phi) is 7.36. The van der Waals surface area contributed by atoms with Crippen LogP contribution < -0.4 is 10.9 Å². The Morgan fingerprint density at radius 3 is 1.52 bits per heavy atom. The minimum Gasteiger partial charge on any atom is -0.0963 e. The summed E-state index contributed by atoms with van der Waals surface area (Å²) >= 11 is 0. The van der Waals surface area contributed by atoms with Crippen molar-refractivity contribution in [3.05, 3.63) is 47.5 Å². The largest absolute Gasteiger partial charge is 0.113 e. The summed E-state index contributed by atoms with van der Waals surface area (Å²) in [5.41, 5.74) is 7.40. The lowest BCUT2D eigenvalue weighted by atomic mass is 9.68. The van der Waals surface area contributed by atoms with Crippen LogP contribution in [0.3, 0.4) is 0 Å². The Bertz CT molecular complexity index is 754. The smallest absolute Gasteiger partial charge is 0.0963 e. The van der Waals surface area contributed by atoms with Gasteiger partial charge in [0.2, 0.25) is 0 Å². The molecule has 0 heterocycles. The highest BCUT2D eigenvalue weighted by atomic mass is 14.4. The van der Waals surface area contributed by atoms with Gasteiger partial charge in [-0.2, -0.15) is 0 Å². The normalized spacial score (nSPS) is 16.3. The van der Waals surface area contributed by atoms with E-state index < -0.39 is 0 Å². The van der Waals surface area contributed by atoms with Gasteiger partial charge in [-0.1, -0.05) is 114 Å². The van der Waals surface area contributed by atoms with E-state index >= 15 is 0 Å². The zero-order valence-electron chi connectivity index (χ0n) is 18.9. The fraction of sp³-hybridized carbons (Fsp3) is 0.556. The Hall–Kier alpha value is -1.43. The molecule has 0 bridgehead atoms. The van der Waals surface area contributed by atoms with E-state index in [1.54, 1.807) is 0 Å². The highest BCUT2D eigenvalue weighted by molar-refractivity contribution is 6.33. The third-order valence-corrected chi connectivity index (χ3v) is 7.40. The summed E-state index contributed by atoms with van der Waals surface area (Å²) in [7, 11) is 12.6. The standard InChI is InChI=1S/C27H36B2/c1-5-19(3)9-7-15-27(16-8-10-20(4)6-2)25-17-21(28)11-13-23(25)24-14-12-22(29)18-26(24)27/h11-14,17-20H,5-10,15-16H2,1-4H3. The average Bonchev–Trinajstić information content (AvgIpc) is 2.96. The van der Waals surface area contributed by atoms with Crippen molar-refractivity contribution < 1.29 is 0 Å². The Balaban J connectivity index is 2.02. The molecule has 0 N–H and O–H groups in total. The monoisotopic (exact) mass is 382 g/mol. The molecule has 1 aliphatic rings. The van der Waals surface area contributed by atoms with Crippen LogP contribution in [0.15, 0.2) is 36.4 Å². The molecule has 4 radical (unpaired) electrons. The van der Waals surface area contributed by atoms with Gasteiger partial charge < -0.3 is 0 Å². The molecule has 0 saturated heterocycles. The van der Waals surface area contributed by atoms with Crippen LogP contribution in [0, 0.1) is 11.8 Å². The second-order valence-electron chi connectivity index (χ2n) is 9.50. The number of hydrogen-bond acceptors (Lipinski definition) is 0. The molecular weight excluding hydrogens is 346 g/mol. The first-order chi connectivity index (χ1) is 13.9. The van der Waals surface area contributed by atoms with Crippen molar-refractivity contribution in [2.45, 2.75) is 84.5 Å². The maximum Gasteiger partial charge on any atom is 0.113 e. The topological polar surface area (TPSA) is 0 Å². The van der Waals surface area contributed by atoms with E-state index in [0.29, 0.717) is 0 Å². The molecule has 0 spiro atoms. The fourth-order valence-corrected chi connectivity index (χ4v) is 5.11. The maximum absolute atomic E-state index is 6.29. The molecule has 0 amide bonds. The number of fused-ring (bicyclic) bond motifs is 3. The van der Waals surface area contributed by atoms with Gasteiger partial charge in [-0.3, -0.25) is 0 Å². The molecule has 1 aliphatic carbocycles. The predicted molar refractivity (Wildman–Crippen MR) is 130 cm³/mol. The lowest BCUT2D eigenvalue weighted by Crippen LogP contribution is -2.28. The molecule has 29 heavy (non-hydrogen) atoms. The molecule has 150 valence electrons. The van der Waals surface area contributed by atoms with Gasteiger partial charge in [0.1, 0.15) is 15.7 Å². The van der Waals surface area contributed by atoms with Crippen LogP contribution in [0.4, 0.5) is 0 Å². The number of benzene rings is 2. The summed E-state index contributed by atoms with van der Waals surface area (Å²) in [6, 6.07) is 13.0. The molecular formula is C27H36B2. The number of rotatable bonds is 10. The van der Waals surface area contributed by atoms with Crippen molar-refractivity contribution in [2.24, 2.45) is 11.8 Å². The third-order valence-electron chi connectivity index (χ3n) is 7.40. The molecule has 0 saturated carbocycles. The quantitative estimate of drug-likeness (QED) is 0.444. The van der Waals surface area contributed by atoms with Crippen LogP contribution in [0.25, 0.3) is 11.1 Å². The van der Waals surface area contributed by atoms with Crippen molar-refractivity contribution in [1.82, 2.24) is 0 Å². The minimum atomic E-state index is 0.0519. The van der Waals surface area contributed by atoms with Crippen LogP contribution in [0.2, 0.25) is 0 Å². The molecule has 2 unspecified atom stereocenters. The Morgan fingerprint density at radius 2 is 1.14 bits per heavy atom. The first-order valence-electron chi connectivity index (χ1n) is 11.7. The van der Waals surface area contributed by atoms with Crippen LogP contribution in [-0.2, 0) is 5.41 Å². The van der Waals surface area contributed by atoms with Crippen molar-refractivity contribution in [3.63, 3.8) is 0 Å². The maximum atomic E-state index is 6.29. The van der Waals surface area contributed by atoms with Gasteiger partial charge in [0.15, 0.2) is 0 Å². The van der Waals surface area contributed by atoms with Crippen molar-refractivity contribution in [1.29, 1.82) is 0 Å². The number of hydrogen-bond donors (Lipinski definition) is 0. The van der Waals surface area contributed by atoms with E-state index in [0.717, 1.165) is 22.8 Å². The molecule has 2 atom stereocenters. The summed E-state index contributed by atoms with van der Waals surface area (Å²) in [6.07, 6.45) is 9.97. The lowest BCUT2D eigenvalue weighted by molar-refractivity contribution is 0.365. The van der Waals surface area contributed by atoms with Crippen molar-refractivity contribution >= 4 is 26.6 Å². The van der Waals surface area contributed by atoms with Gasteiger partial charge in [0, 0.05) is 5.41 Å². The first kappa shape index (κ1) is 22.3. The third kappa shape index (κ3) is 4.68. The summed E-state index contributed by atoms with van der Waals surface area (Å²) in [5.74, 6) is 1.57. The fourth-order valence-electron chi connectivity index (χ4n) is 5.11. The highest BCUT2D eigenvalue weighted by Crippen LogP contribution is 2.53. The van der Waals surface area contributed by atoms with E-state index in [-0.39, 0.29) is 5.41 Å². The lowest BCUT2D eigenvalue weighted by Gasteiger charge is -2.34. The second-order valence-corrected chi connectivity index (χ2v) is 9.50. The molecule has 2 aromatic rings. The van der Waals surface area contributed by atoms with Gasteiger partial charge in [-0.05, 0) is 46.9 Å². The summed E-state index contributed by atoms with van der Waals surface area (Å²) < 4.78 is 0. The van der Waals surface area contributed by atoms with E-state index in [4.69, 9.17) is 15.7 Å². The minimum absolute atomic E-state index is 0.0519.